The lowest BCUT2D eigenvalue weighted by Gasteiger charge is -2.02. The van der Waals surface area contributed by atoms with Crippen LogP contribution in [0.1, 0.15) is 10.4 Å². The topological polar surface area (TPSA) is 89.3 Å². The molecule has 0 spiro atoms. The highest BCUT2D eigenvalue weighted by atomic mass is 32.2. The van der Waals surface area contributed by atoms with Gasteiger partial charge in [0.05, 0.1) is 6.26 Å². The van der Waals surface area contributed by atoms with Gasteiger partial charge in [0.15, 0.2) is 0 Å². The number of nitrogens with one attached hydrogen (secondary N) is 1. The number of sulfonamides is 1. The first-order valence-electron chi connectivity index (χ1n) is 3.76. The van der Waals surface area contributed by atoms with E-state index in [0.29, 0.717) is 5.69 Å². The van der Waals surface area contributed by atoms with E-state index in [0.717, 1.165) is 6.26 Å². The van der Waals surface area contributed by atoms with Crippen LogP contribution in [0.2, 0.25) is 0 Å². The van der Waals surface area contributed by atoms with Crippen molar-refractivity contribution < 1.29 is 13.2 Å². The summed E-state index contributed by atoms with van der Waals surface area (Å²) in [5.74, 6) is -0.660. The SMILES string of the molecule is CS(=O)(=O)NC(=O)c1ccc(N)cc1. The third kappa shape index (κ3) is 3.06. The highest BCUT2D eigenvalue weighted by Crippen LogP contribution is 2.05. The van der Waals surface area contributed by atoms with E-state index in [4.69, 9.17) is 5.73 Å². The summed E-state index contributed by atoms with van der Waals surface area (Å²) in [6.07, 6.45) is 0.919. The maximum Gasteiger partial charge on any atom is 0.264 e. The van der Waals surface area contributed by atoms with Crippen LogP contribution < -0.4 is 10.5 Å². The van der Waals surface area contributed by atoms with E-state index in [9.17, 15) is 13.2 Å². The van der Waals surface area contributed by atoms with E-state index < -0.39 is 15.9 Å². The van der Waals surface area contributed by atoms with Crippen LogP contribution in [-0.2, 0) is 10.0 Å². The van der Waals surface area contributed by atoms with Crippen LogP contribution in [0, 0.1) is 0 Å². The van der Waals surface area contributed by atoms with Crippen LogP contribution in [0.25, 0.3) is 0 Å². The second kappa shape index (κ2) is 3.67. The molecule has 0 aliphatic carbocycles. The Morgan fingerprint density at radius 1 is 1.29 bits per heavy atom. The molecule has 0 fully saturated rings. The lowest BCUT2D eigenvalue weighted by atomic mass is 10.2. The predicted octanol–water partition coefficient (Wildman–Crippen LogP) is -0.0418. The van der Waals surface area contributed by atoms with E-state index in [1.165, 1.54) is 24.3 Å². The highest BCUT2D eigenvalue weighted by Gasteiger charge is 2.09. The average Bonchev–Trinajstić information content (AvgIpc) is 2.02. The number of benzene rings is 1. The number of hydrogen-bond donors (Lipinski definition) is 2. The van der Waals surface area contributed by atoms with Crippen LogP contribution in [-0.4, -0.2) is 20.6 Å². The standard InChI is InChI=1S/C8H10N2O3S/c1-14(12,13)10-8(11)6-2-4-7(9)5-3-6/h2-5H,9H2,1H3,(H,10,11). The fourth-order valence-corrected chi connectivity index (χ4v) is 1.32. The van der Waals surface area contributed by atoms with E-state index in [2.05, 4.69) is 0 Å². The number of nitrogen functional groups attached to an aromatic ring is 1. The normalized spacial score (nSPS) is 10.9. The second-order valence-electron chi connectivity index (χ2n) is 2.83. The van der Waals surface area contributed by atoms with Crippen LogP contribution in [0.5, 0.6) is 0 Å². The molecular formula is C8H10N2O3S. The zero-order valence-corrected chi connectivity index (χ0v) is 8.34. The van der Waals surface area contributed by atoms with Crippen LogP contribution in [0.3, 0.4) is 0 Å². The van der Waals surface area contributed by atoms with Gasteiger partial charge in [0.1, 0.15) is 0 Å². The van der Waals surface area contributed by atoms with Gasteiger partial charge in [0, 0.05) is 11.3 Å². The summed E-state index contributed by atoms with van der Waals surface area (Å²) >= 11 is 0. The number of rotatable bonds is 2. The average molecular weight is 214 g/mol. The minimum Gasteiger partial charge on any atom is -0.399 e. The van der Waals surface area contributed by atoms with E-state index >= 15 is 0 Å². The Balaban J connectivity index is 2.86. The third-order valence-electron chi connectivity index (χ3n) is 1.45. The summed E-state index contributed by atoms with van der Waals surface area (Å²) in [6.45, 7) is 0. The molecule has 1 rings (SSSR count). The summed E-state index contributed by atoms with van der Waals surface area (Å²) in [5.41, 5.74) is 6.17. The van der Waals surface area contributed by atoms with Crippen molar-refractivity contribution in [3.63, 3.8) is 0 Å². The number of carbonyl (C=O) groups is 1. The largest absolute Gasteiger partial charge is 0.399 e. The fraction of sp³-hybridized carbons (Fsp3) is 0.125. The van der Waals surface area contributed by atoms with Crippen molar-refractivity contribution in [1.82, 2.24) is 4.72 Å². The molecule has 3 N–H and O–H groups in total. The van der Waals surface area contributed by atoms with Gasteiger partial charge in [-0.2, -0.15) is 0 Å². The Bertz CT molecular complexity index is 436. The van der Waals surface area contributed by atoms with Crippen LogP contribution >= 0.6 is 0 Å². The minimum absolute atomic E-state index is 0.254. The number of hydrogen-bond acceptors (Lipinski definition) is 4. The molecule has 0 aliphatic heterocycles. The maximum atomic E-state index is 11.2. The molecular weight excluding hydrogens is 204 g/mol. The van der Waals surface area contributed by atoms with Gasteiger partial charge in [-0.25, -0.2) is 13.1 Å². The number of amides is 1. The molecule has 76 valence electrons. The Hall–Kier alpha value is -1.56. The van der Waals surface area contributed by atoms with Gasteiger partial charge in [0.25, 0.3) is 5.91 Å². The van der Waals surface area contributed by atoms with E-state index in [1.54, 1.807) is 0 Å². The Kier molecular flexibility index (Phi) is 2.76. The van der Waals surface area contributed by atoms with Crippen molar-refractivity contribution >= 4 is 21.6 Å². The molecule has 14 heavy (non-hydrogen) atoms. The Labute approximate surface area is 82.0 Å². The zero-order chi connectivity index (χ0) is 10.8. The zero-order valence-electron chi connectivity index (χ0n) is 7.52. The summed E-state index contributed by atoms with van der Waals surface area (Å²) in [7, 11) is -3.51. The Morgan fingerprint density at radius 3 is 2.21 bits per heavy atom. The molecule has 0 aliphatic rings. The van der Waals surface area contributed by atoms with Crippen LogP contribution in [0.4, 0.5) is 5.69 Å². The fourth-order valence-electron chi connectivity index (χ4n) is 0.862. The molecule has 0 radical (unpaired) electrons. The minimum atomic E-state index is -3.51. The van der Waals surface area contributed by atoms with Crippen molar-refractivity contribution in [1.29, 1.82) is 0 Å². The molecule has 0 unspecified atom stereocenters. The lowest BCUT2D eigenvalue weighted by Crippen LogP contribution is -2.29. The summed E-state index contributed by atoms with van der Waals surface area (Å²) in [5, 5.41) is 0. The van der Waals surface area contributed by atoms with Crippen LogP contribution in [0.15, 0.2) is 24.3 Å². The van der Waals surface area contributed by atoms with Crippen molar-refractivity contribution in [3.05, 3.63) is 29.8 Å². The molecule has 0 saturated heterocycles. The van der Waals surface area contributed by atoms with Gasteiger partial charge in [-0.3, -0.25) is 4.79 Å². The van der Waals surface area contributed by atoms with Crippen molar-refractivity contribution in [2.75, 3.05) is 12.0 Å². The molecule has 0 bridgehead atoms. The Morgan fingerprint density at radius 2 is 1.79 bits per heavy atom. The smallest absolute Gasteiger partial charge is 0.264 e. The van der Waals surface area contributed by atoms with Crippen molar-refractivity contribution in [3.8, 4) is 0 Å². The third-order valence-corrected chi connectivity index (χ3v) is 2.01. The number of nitrogens with two attached hydrogens (primary N) is 1. The predicted molar refractivity (Wildman–Crippen MR) is 53.2 cm³/mol. The summed E-state index contributed by atoms with van der Waals surface area (Å²) in [6, 6.07) is 5.96. The van der Waals surface area contributed by atoms with Gasteiger partial charge in [-0.05, 0) is 24.3 Å². The molecule has 0 saturated carbocycles. The molecule has 6 heteroatoms. The molecule has 1 aromatic carbocycles. The van der Waals surface area contributed by atoms with Gasteiger partial charge in [-0.15, -0.1) is 0 Å². The van der Waals surface area contributed by atoms with Gasteiger partial charge in [0.2, 0.25) is 10.0 Å². The molecule has 0 heterocycles. The van der Waals surface area contributed by atoms with Crippen molar-refractivity contribution in [2.45, 2.75) is 0 Å². The quantitative estimate of drug-likeness (QED) is 0.676. The number of carbonyl (C=O) groups excluding carboxylic acids is 1. The molecule has 1 amide bonds. The van der Waals surface area contributed by atoms with Gasteiger partial charge in [-0.1, -0.05) is 0 Å². The van der Waals surface area contributed by atoms with Gasteiger partial charge >= 0.3 is 0 Å². The maximum absolute atomic E-state index is 11.2. The lowest BCUT2D eigenvalue weighted by molar-refractivity contribution is 0.0981. The second-order valence-corrected chi connectivity index (χ2v) is 4.57. The molecule has 1 aromatic rings. The highest BCUT2D eigenvalue weighted by molar-refractivity contribution is 7.89. The van der Waals surface area contributed by atoms with E-state index in [1.807, 2.05) is 4.72 Å². The monoisotopic (exact) mass is 214 g/mol. The first-order valence-corrected chi connectivity index (χ1v) is 5.65. The van der Waals surface area contributed by atoms with Gasteiger partial charge < -0.3 is 5.73 Å². The molecule has 5 nitrogen and oxygen atoms in total. The molecule has 0 atom stereocenters. The van der Waals surface area contributed by atoms with Crippen molar-refractivity contribution in [2.24, 2.45) is 0 Å². The summed E-state index contributed by atoms with van der Waals surface area (Å²) in [4.78, 5) is 11.2. The first-order chi connectivity index (χ1) is 6.38. The van der Waals surface area contributed by atoms with E-state index in [-0.39, 0.29) is 5.56 Å². The first kappa shape index (κ1) is 10.5. The number of anilines is 1. The molecule has 0 aromatic heterocycles. The summed E-state index contributed by atoms with van der Waals surface area (Å²) < 4.78 is 23.3.